The number of rotatable bonds is 45. The van der Waals surface area contributed by atoms with Gasteiger partial charge in [-0.05, 0) is 214 Å². The highest BCUT2D eigenvalue weighted by Crippen LogP contribution is 2.48. The van der Waals surface area contributed by atoms with Crippen molar-refractivity contribution in [2.75, 3.05) is 92.3 Å². The number of carbonyl (C=O) groups is 8. The van der Waals surface area contributed by atoms with Gasteiger partial charge in [0, 0.05) is 69.5 Å². The Kier molecular flexibility index (Phi) is 38.3. The quantitative estimate of drug-likeness (QED) is 0.0108. The number of hydrogen-bond acceptors (Lipinski definition) is 22. The fourth-order valence-electron chi connectivity index (χ4n) is 16.6. The Bertz CT molecular complexity index is 2880. The van der Waals surface area contributed by atoms with Crippen molar-refractivity contribution >= 4 is 98.9 Å². The fraction of sp³-hybridized carbons (Fsp3) is 0.840. The number of carbonyl (C=O) groups excluding carboxylic acids is 8. The summed E-state index contributed by atoms with van der Waals surface area (Å²) in [4.78, 5) is 104. The van der Waals surface area contributed by atoms with Crippen molar-refractivity contribution in [3.63, 3.8) is 0 Å². The van der Waals surface area contributed by atoms with Crippen molar-refractivity contribution in [3.8, 4) is 0 Å². The minimum absolute atomic E-state index is 0.0142. The summed E-state index contributed by atoms with van der Waals surface area (Å²) in [6, 6.07) is 0.453. The average Bonchev–Trinajstić information content (AvgIpc) is 0.807. The number of hydrogen-bond donors (Lipinski definition) is 6. The second-order valence-corrected chi connectivity index (χ2v) is 64.2. The highest BCUT2D eigenvalue weighted by atomic mass is 28.5. The van der Waals surface area contributed by atoms with Gasteiger partial charge >= 0.3 is 65.6 Å². The van der Waals surface area contributed by atoms with Crippen LogP contribution in [-0.2, 0) is 73.4 Å². The van der Waals surface area contributed by atoms with Crippen LogP contribution in [0.15, 0.2) is 25.3 Å². The molecule has 7 atom stereocenters. The third-order valence-corrected chi connectivity index (χ3v) is 37.8. The molecule has 0 bridgehead atoms. The molecule has 0 spiro atoms. The van der Waals surface area contributed by atoms with Crippen molar-refractivity contribution in [1.29, 1.82) is 0 Å². The molecule has 3 rings (SSSR count). The van der Waals surface area contributed by atoms with Crippen LogP contribution in [0.4, 0.5) is 28.8 Å². The van der Waals surface area contributed by atoms with Gasteiger partial charge in [0.25, 0.3) is 0 Å². The lowest BCUT2D eigenvalue weighted by atomic mass is 9.62. The monoisotopic (exact) mass is 1650 g/mol. The van der Waals surface area contributed by atoms with E-state index in [1.807, 2.05) is 6.92 Å². The van der Waals surface area contributed by atoms with Gasteiger partial charge in [0.15, 0.2) is 33.3 Å². The molecule has 28 nitrogen and oxygen atoms in total. The topological polar surface area (TPSA) is 338 Å². The highest BCUT2D eigenvalue weighted by Gasteiger charge is 2.48. The molecule has 630 valence electrons. The Hall–Kier alpha value is -4.90. The zero-order chi connectivity index (χ0) is 82.8. The third kappa shape index (κ3) is 42.7. The molecule has 109 heavy (non-hydrogen) atoms. The van der Waals surface area contributed by atoms with Gasteiger partial charge in [-0.15, -0.1) is 0 Å². The van der Waals surface area contributed by atoms with E-state index in [1.165, 1.54) is 0 Å². The van der Waals surface area contributed by atoms with Crippen LogP contribution in [0.5, 0.6) is 0 Å². The van der Waals surface area contributed by atoms with Crippen LogP contribution < -0.4 is 31.9 Å². The predicted octanol–water partition coefficient (Wildman–Crippen LogP) is 14.7. The Morgan fingerprint density at radius 3 is 1.03 bits per heavy atom. The summed E-state index contributed by atoms with van der Waals surface area (Å²) in [5.41, 5.74) is -3.30. The van der Waals surface area contributed by atoms with E-state index in [0.29, 0.717) is 89.6 Å². The van der Waals surface area contributed by atoms with Gasteiger partial charge in [-0.25, -0.2) is 38.4 Å². The summed E-state index contributed by atoms with van der Waals surface area (Å²) in [5.74, 6) is -1.23. The molecule has 3 saturated carbocycles. The van der Waals surface area contributed by atoms with Gasteiger partial charge in [-0.2, -0.15) is 0 Å². The Labute approximate surface area is 659 Å². The first-order valence-corrected chi connectivity index (χ1v) is 57.7. The van der Waals surface area contributed by atoms with Gasteiger partial charge in [0.1, 0.15) is 45.7 Å². The molecule has 3 fully saturated rings. The lowest BCUT2D eigenvalue weighted by Gasteiger charge is -2.46. The van der Waals surface area contributed by atoms with Crippen LogP contribution in [0.25, 0.3) is 0 Å². The first-order chi connectivity index (χ1) is 49.9. The standard InChI is InChI=1S/C75H144N6O22Si6/c1-27-61(82)92-35-37-95-63(84)76-50-72(10)44-58(41-69(4,5)47-72)79-66(87)94-34-31-57(3)99-65(86)78-52-74(12)46-60(43-71(8,9)49-74)81-68(89)98-56-75(53-90-32-29-39-108(25,100-104(13,14)15)101-105(16,17)18,54-91-33-30-40-109(26,102-106(19,20)21)103-107(22,23)24)55-97-64(85)77-51-73(11)45-59(42-70(6,7)48-73)80-67(88)96-38-36-93-62(83)28-2/h27-28,57-60H,1-2,29-56H2,3-26H3,(H,76,84)(H,77,85)(H,78,86)(H,79,87)(H,80,88)(H,81,89). The first kappa shape index (κ1) is 98.3. The summed E-state index contributed by atoms with van der Waals surface area (Å²) in [6.45, 7) is 57.9. The van der Waals surface area contributed by atoms with Gasteiger partial charge in [0.05, 0.1) is 25.2 Å². The van der Waals surface area contributed by atoms with E-state index in [-0.39, 0.29) is 119 Å². The maximum atomic E-state index is 14.5. The van der Waals surface area contributed by atoms with Crippen LogP contribution >= 0.6 is 0 Å². The van der Waals surface area contributed by atoms with Crippen LogP contribution in [0.1, 0.15) is 146 Å². The molecule has 0 aromatic carbocycles. The predicted molar refractivity (Wildman–Crippen MR) is 435 cm³/mol. The van der Waals surface area contributed by atoms with Crippen LogP contribution in [0.2, 0.25) is 104 Å². The lowest BCUT2D eigenvalue weighted by molar-refractivity contribution is -0.139. The minimum Gasteiger partial charge on any atom is -0.459 e. The molecule has 0 aromatic rings. The van der Waals surface area contributed by atoms with Gasteiger partial charge in [0.2, 0.25) is 0 Å². The molecule has 6 amide bonds. The second-order valence-electron chi connectivity index (χ2n) is 38.5. The van der Waals surface area contributed by atoms with E-state index >= 15 is 0 Å². The number of ether oxygens (including phenoxy) is 10. The smallest absolute Gasteiger partial charge is 0.407 e. The normalized spacial score (nSPS) is 22.6. The van der Waals surface area contributed by atoms with E-state index < -0.39 is 121 Å². The fourth-order valence-corrected chi connectivity index (χ4v) is 41.6. The highest BCUT2D eigenvalue weighted by molar-refractivity contribution is 6.88. The molecular weight excluding hydrogens is 1510 g/mol. The molecule has 0 aliphatic heterocycles. The van der Waals surface area contributed by atoms with Crippen molar-refractivity contribution in [1.82, 2.24) is 31.9 Å². The van der Waals surface area contributed by atoms with E-state index in [2.05, 4.69) is 192 Å². The maximum Gasteiger partial charge on any atom is 0.407 e. The molecule has 3 aliphatic rings. The molecule has 0 radical (unpaired) electrons. The summed E-state index contributed by atoms with van der Waals surface area (Å²) < 4.78 is 84.8. The number of amides is 6. The van der Waals surface area contributed by atoms with Crippen LogP contribution in [-0.4, -0.2) is 215 Å². The third-order valence-electron chi connectivity index (χ3n) is 18.6. The van der Waals surface area contributed by atoms with E-state index in [1.54, 1.807) is 6.92 Å². The van der Waals surface area contributed by atoms with Crippen molar-refractivity contribution in [2.45, 2.75) is 274 Å². The zero-order valence-electron chi connectivity index (χ0n) is 71.2. The zero-order valence-corrected chi connectivity index (χ0v) is 77.2. The van der Waals surface area contributed by atoms with Crippen molar-refractivity contribution in [2.24, 2.45) is 37.9 Å². The number of esters is 2. The number of nitrogens with one attached hydrogen (secondary N) is 6. The molecule has 0 saturated heterocycles. The van der Waals surface area contributed by atoms with E-state index in [9.17, 15) is 38.4 Å². The van der Waals surface area contributed by atoms with E-state index in [4.69, 9.17) is 63.8 Å². The summed E-state index contributed by atoms with van der Waals surface area (Å²) in [7, 11) is -13.4. The maximum absolute atomic E-state index is 14.5. The van der Waals surface area contributed by atoms with Gasteiger partial charge in [-0.3, -0.25) is 0 Å². The molecule has 3 aliphatic carbocycles. The molecular formula is C75H144N6O22Si6. The number of alkyl carbamates (subject to hydrolysis) is 6. The summed E-state index contributed by atoms with van der Waals surface area (Å²) >= 11 is 0. The average molecular weight is 1650 g/mol. The molecule has 0 heterocycles. The largest absolute Gasteiger partial charge is 0.459 e. The van der Waals surface area contributed by atoms with Crippen molar-refractivity contribution < 1.29 is 102 Å². The van der Waals surface area contributed by atoms with Crippen molar-refractivity contribution in [3.05, 3.63) is 25.3 Å². The SMILES string of the molecule is C=CC(=O)OCCOC(=O)NCC1(C)CC(NC(=O)OCCC(C)OC(=O)NCC2(C)CC(NC(=O)OCC(COCCC[Si](C)(O[Si](C)(C)C)O[Si](C)(C)C)(COCCC[Si](C)(O[Si](C)(C)C)O[Si](C)(C)C)COC(=O)NCC3(C)CC(NC(=O)OCCOC(=O)C=C)CC(C)(C)C3)CC(C)(C)C2)CC(C)(C)C1. The molecule has 6 N–H and O–H groups in total. The summed E-state index contributed by atoms with van der Waals surface area (Å²) in [6.07, 6.45) is 4.76. The molecule has 7 unspecified atom stereocenters. The second kappa shape index (κ2) is 42.5. The van der Waals surface area contributed by atoms with E-state index in [0.717, 1.165) is 25.0 Å². The molecule has 0 aromatic heterocycles. The Morgan fingerprint density at radius 1 is 0.394 bits per heavy atom. The van der Waals surface area contributed by atoms with Crippen LogP contribution in [0, 0.1) is 37.9 Å². The Balaban J connectivity index is 1.82. The first-order valence-electron chi connectivity index (χ1n) is 39.0. The van der Waals surface area contributed by atoms with Crippen LogP contribution in [0.3, 0.4) is 0 Å². The summed E-state index contributed by atoms with van der Waals surface area (Å²) in [5, 5.41) is 17.9. The minimum atomic E-state index is -2.66. The molecule has 34 heteroatoms. The van der Waals surface area contributed by atoms with Gasteiger partial charge < -0.3 is 95.7 Å². The van der Waals surface area contributed by atoms with Gasteiger partial charge in [-0.1, -0.05) is 75.5 Å². The Morgan fingerprint density at radius 2 is 0.688 bits per heavy atom. The lowest BCUT2D eigenvalue weighted by Crippen LogP contribution is -2.52.